The molecule has 2 heterocycles. The summed E-state index contributed by atoms with van der Waals surface area (Å²) in [4.78, 5) is 27.2. The average Bonchev–Trinajstić information content (AvgIpc) is 3.35. The van der Waals surface area contributed by atoms with Crippen LogP contribution in [0.5, 0.6) is 0 Å². The minimum Gasteiger partial charge on any atom is -0.459 e. The Morgan fingerprint density at radius 2 is 1.82 bits per heavy atom. The number of benzene rings is 2. The Balaban J connectivity index is 1.55. The maximum Gasteiger partial charge on any atom is 0.291 e. The van der Waals surface area contributed by atoms with Gasteiger partial charge in [-0.1, -0.05) is 12.1 Å². The summed E-state index contributed by atoms with van der Waals surface area (Å²) in [6.45, 7) is 2.81. The molecule has 6 nitrogen and oxygen atoms in total. The number of carbonyl (C=O) groups is 2. The molecule has 3 aromatic rings. The van der Waals surface area contributed by atoms with Gasteiger partial charge in [-0.2, -0.15) is 0 Å². The van der Waals surface area contributed by atoms with Crippen LogP contribution in [0.2, 0.25) is 0 Å². The second kappa shape index (κ2) is 7.23. The van der Waals surface area contributed by atoms with Crippen LogP contribution in [0.3, 0.4) is 0 Å². The van der Waals surface area contributed by atoms with Gasteiger partial charge in [0.2, 0.25) is 0 Å². The molecule has 6 heteroatoms. The second-order valence-electron chi connectivity index (χ2n) is 6.89. The molecule has 0 fully saturated rings. The number of nitrogens with zero attached hydrogens (tertiary/aromatic N) is 1. The molecule has 0 unspecified atom stereocenters. The summed E-state index contributed by atoms with van der Waals surface area (Å²) < 4.78 is 5.12. The van der Waals surface area contributed by atoms with Crippen LogP contribution in [-0.4, -0.2) is 25.4 Å². The Hall–Kier alpha value is -3.54. The zero-order chi connectivity index (χ0) is 19.7. The maximum atomic E-state index is 12.8. The summed E-state index contributed by atoms with van der Waals surface area (Å²) in [5, 5.41) is 5.81. The average molecular weight is 375 g/mol. The van der Waals surface area contributed by atoms with Crippen molar-refractivity contribution in [3.8, 4) is 0 Å². The fourth-order valence-corrected chi connectivity index (χ4v) is 3.40. The van der Waals surface area contributed by atoms with E-state index >= 15 is 0 Å². The van der Waals surface area contributed by atoms with Crippen molar-refractivity contribution in [2.24, 2.45) is 0 Å². The smallest absolute Gasteiger partial charge is 0.291 e. The summed E-state index contributed by atoms with van der Waals surface area (Å²) in [5.41, 5.74) is 5.04. The Kier molecular flexibility index (Phi) is 4.61. The van der Waals surface area contributed by atoms with Crippen molar-refractivity contribution in [3.05, 3.63) is 77.2 Å². The molecule has 28 heavy (non-hydrogen) atoms. The third-order valence-corrected chi connectivity index (χ3v) is 5.00. The van der Waals surface area contributed by atoms with Crippen molar-refractivity contribution in [3.63, 3.8) is 0 Å². The van der Waals surface area contributed by atoms with Crippen LogP contribution in [0, 0.1) is 6.92 Å². The van der Waals surface area contributed by atoms with Crippen molar-refractivity contribution in [2.75, 3.05) is 29.1 Å². The summed E-state index contributed by atoms with van der Waals surface area (Å²) in [5.74, 6) is -0.343. The monoisotopic (exact) mass is 375 g/mol. The molecule has 1 aliphatic heterocycles. The van der Waals surface area contributed by atoms with E-state index in [1.165, 1.54) is 6.26 Å². The predicted molar refractivity (Wildman–Crippen MR) is 109 cm³/mol. The Morgan fingerprint density at radius 1 is 1.00 bits per heavy atom. The zero-order valence-corrected chi connectivity index (χ0v) is 15.8. The lowest BCUT2D eigenvalue weighted by Gasteiger charge is -2.14. The van der Waals surface area contributed by atoms with Crippen molar-refractivity contribution in [1.82, 2.24) is 0 Å². The second-order valence-corrected chi connectivity index (χ2v) is 6.89. The molecule has 142 valence electrons. The van der Waals surface area contributed by atoms with E-state index in [1.54, 1.807) is 24.3 Å². The number of carbonyl (C=O) groups excluding carboxylic acids is 2. The van der Waals surface area contributed by atoms with Gasteiger partial charge in [-0.25, -0.2) is 0 Å². The molecule has 4 rings (SSSR count). The van der Waals surface area contributed by atoms with Crippen LogP contribution >= 0.6 is 0 Å². The molecular weight excluding hydrogens is 354 g/mol. The highest BCUT2D eigenvalue weighted by Gasteiger charge is 2.20. The number of fused-ring (bicyclic) bond motifs is 1. The largest absolute Gasteiger partial charge is 0.459 e. The van der Waals surface area contributed by atoms with Crippen LogP contribution in [-0.2, 0) is 6.42 Å². The first kappa shape index (κ1) is 17.9. The Morgan fingerprint density at radius 3 is 2.61 bits per heavy atom. The Labute approximate surface area is 163 Å². The van der Waals surface area contributed by atoms with E-state index in [1.807, 2.05) is 32.2 Å². The van der Waals surface area contributed by atoms with Gasteiger partial charge in [-0.15, -0.1) is 0 Å². The topological polar surface area (TPSA) is 74.6 Å². The summed E-state index contributed by atoms with van der Waals surface area (Å²) in [7, 11) is 2.05. The van der Waals surface area contributed by atoms with Gasteiger partial charge in [0.25, 0.3) is 11.8 Å². The number of aryl methyl sites for hydroxylation is 1. The fourth-order valence-electron chi connectivity index (χ4n) is 3.40. The van der Waals surface area contributed by atoms with E-state index in [0.717, 1.165) is 35.5 Å². The number of amides is 2. The SMILES string of the molecule is Cc1ccc(C(=O)Nc2cccc3c2CCN3C)cc1NC(=O)c1ccco1. The third-order valence-electron chi connectivity index (χ3n) is 5.00. The van der Waals surface area contributed by atoms with E-state index in [-0.39, 0.29) is 17.6 Å². The molecule has 0 atom stereocenters. The Bertz CT molecular complexity index is 1040. The number of hydrogen-bond donors (Lipinski definition) is 2. The van der Waals surface area contributed by atoms with Gasteiger partial charge in [0.05, 0.1) is 6.26 Å². The highest BCUT2D eigenvalue weighted by Crippen LogP contribution is 2.33. The first-order chi connectivity index (χ1) is 13.5. The van der Waals surface area contributed by atoms with E-state index in [9.17, 15) is 9.59 Å². The van der Waals surface area contributed by atoms with Crippen LogP contribution in [0.15, 0.2) is 59.2 Å². The maximum absolute atomic E-state index is 12.8. The molecule has 1 aromatic heterocycles. The molecule has 2 N–H and O–H groups in total. The third kappa shape index (κ3) is 3.36. The fraction of sp³-hybridized carbons (Fsp3) is 0.182. The zero-order valence-electron chi connectivity index (χ0n) is 15.8. The van der Waals surface area contributed by atoms with Crippen molar-refractivity contribution in [1.29, 1.82) is 0 Å². The molecule has 1 aliphatic rings. The lowest BCUT2D eigenvalue weighted by Crippen LogP contribution is -2.16. The predicted octanol–water partition coefficient (Wildman–Crippen LogP) is 4.08. The van der Waals surface area contributed by atoms with E-state index < -0.39 is 0 Å². The number of hydrogen-bond acceptors (Lipinski definition) is 4. The summed E-state index contributed by atoms with van der Waals surface area (Å²) in [6.07, 6.45) is 2.35. The normalized spacial score (nSPS) is 12.6. The molecule has 0 bridgehead atoms. The molecular formula is C22H21N3O3. The lowest BCUT2D eigenvalue weighted by molar-refractivity contribution is 0.0993. The quantitative estimate of drug-likeness (QED) is 0.720. The molecule has 0 saturated carbocycles. The van der Waals surface area contributed by atoms with Gasteiger partial charge in [0.15, 0.2) is 5.76 Å². The van der Waals surface area contributed by atoms with Gasteiger partial charge < -0.3 is 20.0 Å². The molecule has 0 aliphatic carbocycles. The number of anilines is 3. The number of nitrogens with one attached hydrogen (secondary N) is 2. The minimum atomic E-state index is -0.352. The number of likely N-dealkylation sites (N-methyl/N-ethyl adjacent to an activating group) is 1. The standard InChI is InChI=1S/C22H21N3O3/c1-14-8-9-15(13-18(14)24-22(27)20-7-4-12-28-20)21(26)23-17-5-3-6-19-16(17)10-11-25(19)2/h3-9,12-13H,10-11H2,1-2H3,(H,23,26)(H,24,27). The lowest BCUT2D eigenvalue weighted by atomic mass is 10.1. The van der Waals surface area contributed by atoms with E-state index in [2.05, 4.69) is 21.6 Å². The van der Waals surface area contributed by atoms with Crippen LogP contribution < -0.4 is 15.5 Å². The first-order valence-corrected chi connectivity index (χ1v) is 9.13. The molecule has 2 amide bonds. The van der Waals surface area contributed by atoms with Crippen molar-refractivity contribution < 1.29 is 14.0 Å². The first-order valence-electron chi connectivity index (χ1n) is 9.13. The molecule has 0 spiro atoms. The highest BCUT2D eigenvalue weighted by molar-refractivity contribution is 6.07. The summed E-state index contributed by atoms with van der Waals surface area (Å²) in [6, 6.07) is 14.4. The molecule has 0 radical (unpaired) electrons. The van der Waals surface area contributed by atoms with Crippen LogP contribution in [0.25, 0.3) is 0 Å². The molecule has 0 saturated heterocycles. The van der Waals surface area contributed by atoms with Gasteiger partial charge in [0.1, 0.15) is 0 Å². The van der Waals surface area contributed by atoms with Crippen LogP contribution in [0.4, 0.5) is 17.1 Å². The van der Waals surface area contributed by atoms with Crippen molar-refractivity contribution >= 4 is 28.9 Å². The summed E-state index contributed by atoms with van der Waals surface area (Å²) >= 11 is 0. The minimum absolute atomic E-state index is 0.212. The van der Waals surface area contributed by atoms with Gasteiger partial charge in [0, 0.05) is 41.8 Å². The van der Waals surface area contributed by atoms with Crippen molar-refractivity contribution in [2.45, 2.75) is 13.3 Å². The van der Waals surface area contributed by atoms with Gasteiger partial charge in [-0.05, 0) is 55.3 Å². The highest BCUT2D eigenvalue weighted by atomic mass is 16.3. The van der Waals surface area contributed by atoms with Gasteiger partial charge in [-0.3, -0.25) is 9.59 Å². The van der Waals surface area contributed by atoms with E-state index in [0.29, 0.717) is 11.3 Å². The van der Waals surface area contributed by atoms with Gasteiger partial charge >= 0.3 is 0 Å². The van der Waals surface area contributed by atoms with Crippen LogP contribution in [0.1, 0.15) is 32.0 Å². The van der Waals surface area contributed by atoms with E-state index in [4.69, 9.17) is 4.42 Å². The number of furan rings is 1. The molecule has 2 aromatic carbocycles. The number of rotatable bonds is 4.